The molecule has 1 saturated carbocycles. The highest BCUT2D eigenvalue weighted by Gasteiger charge is 2.32. The van der Waals surface area contributed by atoms with Gasteiger partial charge in [0.1, 0.15) is 0 Å². The van der Waals surface area contributed by atoms with Gasteiger partial charge in [-0.15, -0.1) is 0 Å². The normalized spacial score (nSPS) is 30.6. The fraction of sp³-hybridized carbons (Fsp3) is 1.00. The van der Waals surface area contributed by atoms with E-state index < -0.39 is 0 Å². The summed E-state index contributed by atoms with van der Waals surface area (Å²) in [5, 5.41) is 0. The molecule has 1 aliphatic carbocycles. The molecular weight excluding hydrogens is 198 g/mol. The Labute approximate surface area is 101 Å². The maximum Gasteiger partial charge on any atom is 0.0462 e. The summed E-state index contributed by atoms with van der Waals surface area (Å²) in [5.74, 6) is 0.971. The van der Waals surface area contributed by atoms with Gasteiger partial charge in [-0.1, -0.05) is 19.8 Å². The van der Waals surface area contributed by atoms with E-state index in [0.717, 1.165) is 19.1 Å². The van der Waals surface area contributed by atoms with Gasteiger partial charge in [-0.3, -0.25) is 0 Å². The number of hydrogen-bond acceptors (Lipinski definition) is 2. The van der Waals surface area contributed by atoms with E-state index in [-0.39, 0.29) is 0 Å². The Hall–Kier alpha value is -0.0800. The van der Waals surface area contributed by atoms with Crippen molar-refractivity contribution in [3.8, 4) is 0 Å². The number of nitrogens with two attached hydrogens (primary N) is 1. The lowest BCUT2D eigenvalue weighted by Crippen LogP contribution is -2.34. The van der Waals surface area contributed by atoms with Crippen molar-refractivity contribution in [2.75, 3.05) is 20.3 Å². The minimum absolute atomic E-state index is 0.472. The van der Waals surface area contributed by atoms with Crippen molar-refractivity contribution in [2.45, 2.75) is 58.3 Å². The van der Waals surface area contributed by atoms with Crippen LogP contribution in [0, 0.1) is 11.3 Å². The minimum Gasteiger partial charge on any atom is -0.385 e. The average Bonchev–Trinajstić information content (AvgIpc) is 2.35. The standard InChI is InChI=1S/C14H29NO/c1-3-13-6-9-14(12-15,10-7-13)8-4-5-11-16-2/h13H,3-12,15H2,1-2H3. The molecule has 0 atom stereocenters. The van der Waals surface area contributed by atoms with E-state index in [1.165, 1.54) is 51.4 Å². The van der Waals surface area contributed by atoms with Crippen molar-refractivity contribution in [1.82, 2.24) is 0 Å². The van der Waals surface area contributed by atoms with E-state index >= 15 is 0 Å². The smallest absolute Gasteiger partial charge is 0.0462 e. The van der Waals surface area contributed by atoms with Crippen LogP contribution in [0.25, 0.3) is 0 Å². The van der Waals surface area contributed by atoms with Gasteiger partial charge in [0, 0.05) is 13.7 Å². The molecular formula is C14H29NO. The van der Waals surface area contributed by atoms with E-state index in [1.807, 2.05) is 0 Å². The summed E-state index contributed by atoms with van der Waals surface area (Å²) in [6, 6.07) is 0. The number of unbranched alkanes of at least 4 members (excludes halogenated alkanes) is 1. The maximum atomic E-state index is 6.01. The van der Waals surface area contributed by atoms with Crippen LogP contribution in [-0.4, -0.2) is 20.3 Å². The molecule has 0 spiro atoms. The van der Waals surface area contributed by atoms with Crippen molar-refractivity contribution in [3.05, 3.63) is 0 Å². The molecule has 2 nitrogen and oxygen atoms in total. The second-order valence-corrected chi connectivity index (χ2v) is 5.51. The van der Waals surface area contributed by atoms with Crippen LogP contribution < -0.4 is 5.73 Å². The van der Waals surface area contributed by atoms with Crippen LogP contribution in [0.15, 0.2) is 0 Å². The Morgan fingerprint density at radius 3 is 2.44 bits per heavy atom. The molecule has 96 valence electrons. The Bertz CT molecular complexity index is 174. The molecule has 0 aromatic rings. The summed E-state index contributed by atoms with van der Waals surface area (Å²) in [5.41, 5.74) is 6.48. The zero-order valence-corrected chi connectivity index (χ0v) is 11.1. The quantitative estimate of drug-likeness (QED) is 0.677. The van der Waals surface area contributed by atoms with E-state index in [2.05, 4.69) is 6.92 Å². The lowest BCUT2D eigenvalue weighted by molar-refractivity contribution is 0.130. The topological polar surface area (TPSA) is 35.2 Å². The van der Waals surface area contributed by atoms with E-state index in [0.29, 0.717) is 5.41 Å². The summed E-state index contributed by atoms with van der Waals surface area (Å²) in [6.45, 7) is 4.10. The molecule has 16 heavy (non-hydrogen) atoms. The van der Waals surface area contributed by atoms with Gasteiger partial charge in [0.25, 0.3) is 0 Å². The van der Waals surface area contributed by atoms with Gasteiger partial charge < -0.3 is 10.5 Å². The van der Waals surface area contributed by atoms with E-state index in [1.54, 1.807) is 7.11 Å². The summed E-state index contributed by atoms with van der Waals surface area (Å²) in [4.78, 5) is 0. The van der Waals surface area contributed by atoms with Crippen LogP contribution in [0.5, 0.6) is 0 Å². The fourth-order valence-electron chi connectivity index (χ4n) is 3.00. The van der Waals surface area contributed by atoms with Crippen molar-refractivity contribution < 1.29 is 4.74 Å². The zero-order valence-electron chi connectivity index (χ0n) is 11.1. The zero-order chi connectivity index (χ0) is 11.9. The van der Waals surface area contributed by atoms with Crippen molar-refractivity contribution >= 4 is 0 Å². The molecule has 2 heteroatoms. The SMILES string of the molecule is CCC1CCC(CN)(CCCCOC)CC1. The minimum atomic E-state index is 0.472. The second-order valence-electron chi connectivity index (χ2n) is 5.51. The van der Waals surface area contributed by atoms with Crippen LogP contribution >= 0.6 is 0 Å². The summed E-state index contributed by atoms with van der Waals surface area (Å²) in [7, 11) is 1.78. The van der Waals surface area contributed by atoms with Gasteiger partial charge in [0.05, 0.1) is 0 Å². The van der Waals surface area contributed by atoms with Crippen LogP contribution in [0.4, 0.5) is 0 Å². The Morgan fingerprint density at radius 2 is 1.94 bits per heavy atom. The molecule has 1 aliphatic rings. The fourth-order valence-corrected chi connectivity index (χ4v) is 3.00. The molecule has 1 fully saturated rings. The number of ether oxygens (including phenoxy) is 1. The molecule has 0 amide bonds. The highest BCUT2D eigenvalue weighted by molar-refractivity contribution is 4.86. The summed E-state index contributed by atoms with van der Waals surface area (Å²) in [6.07, 6.45) is 10.6. The van der Waals surface area contributed by atoms with Gasteiger partial charge in [0.2, 0.25) is 0 Å². The lowest BCUT2D eigenvalue weighted by Gasteiger charge is -2.39. The second kappa shape index (κ2) is 7.29. The monoisotopic (exact) mass is 227 g/mol. The van der Waals surface area contributed by atoms with Gasteiger partial charge in [-0.05, 0) is 56.4 Å². The van der Waals surface area contributed by atoms with Crippen molar-refractivity contribution in [2.24, 2.45) is 17.1 Å². The molecule has 0 aromatic carbocycles. The third-order valence-electron chi connectivity index (χ3n) is 4.48. The molecule has 0 aliphatic heterocycles. The third-order valence-corrected chi connectivity index (χ3v) is 4.48. The number of rotatable bonds is 7. The number of hydrogen-bond donors (Lipinski definition) is 1. The Balaban J connectivity index is 2.28. The molecule has 2 N–H and O–H groups in total. The molecule has 0 heterocycles. The van der Waals surface area contributed by atoms with Crippen LogP contribution in [0.2, 0.25) is 0 Å². The first-order chi connectivity index (χ1) is 7.76. The van der Waals surface area contributed by atoms with E-state index in [4.69, 9.17) is 10.5 Å². The number of methoxy groups -OCH3 is 1. The van der Waals surface area contributed by atoms with Crippen molar-refractivity contribution in [1.29, 1.82) is 0 Å². The van der Waals surface area contributed by atoms with Gasteiger partial charge in [-0.25, -0.2) is 0 Å². The van der Waals surface area contributed by atoms with Crippen LogP contribution in [-0.2, 0) is 4.74 Å². The average molecular weight is 227 g/mol. The van der Waals surface area contributed by atoms with Crippen LogP contribution in [0.3, 0.4) is 0 Å². The molecule has 0 saturated heterocycles. The molecule has 1 rings (SSSR count). The van der Waals surface area contributed by atoms with Gasteiger partial charge in [-0.2, -0.15) is 0 Å². The molecule has 0 unspecified atom stereocenters. The van der Waals surface area contributed by atoms with Crippen molar-refractivity contribution in [3.63, 3.8) is 0 Å². The predicted molar refractivity (Wildman–Crippen MR) is 69.5 cm³/mol. The predicted octanol–water partition coefficient (Wildman–Crippen LogP) is 3.35. The molecule has 0 aromatic heterocycles. The van der Waals surface area contributed by atoms with Crippen LogP contribution in [0.1, 0.15) is 58.3 Å². The van der Waals surface area contributed by atoms with Gasteiger partial charge in [0.15, 0.2) is 0 Å². The highest BCUT2D eigenvalue weighted by atomic mass is 16.5. The molecule has 0 radical (unpaired) electrons. The third kappa shape index (κ3) is 4.06. The lowest BCUT2D eigenvalue weighted by atomic mass is 9.67. The summed E-state index contributed by atoms with van der Waals surface area (Å²) < 4.78 is 5.10. The maximum absolute atomic E-state index is 6.01. The summed E-state index contributed by atoms with van der Waals surface area (Å²) >= 11 is 0. The Kier molecular flexibility index (Phi) is 6.37. The van der Waals surface area contributed by atoms with Gasteiger partial charge >= 0.3 is 0 Å². The largest absolute Gasteiger partial charge is 0.385 e. The first-order valence-corrected chi connectivity index (χ1v) is 6.95. The highest BCUT2D eigenvalue weighted by Crippen LogP contribution is 2.42. The van der Waals surface area contributed by atoms with E-state index in [9.17, 15) is 0 Å². The Morgan fingerprint density at radius 1 is 1.25 bits per heavy atom. The first-order valence-electron chi connectivity index (χ1n) is 6.95. The molecule has 0 bridgehead atoms. The first kappa shape index (κ1) is 14.0.